The van der Waals surface area contributed by atoms with Crippen molar-refractivity contribution in [2.24, 2.45) is 0 Å². The summed E-state index contributed by atoms with van der Waals surface area (Å²) in [7, 11) is 0. The summed E-state index contributed by atoms with van der Waals surface area (Å²) in [6.07, 6.45) is 1.70. The van der Waals surface area contributed by atoms with Gasteiger partial charge in [0.25, 0.3) is 0 Å². The Bertz CT molecular complexity index is 1450. The highest BCUT2D eigenvalue weighted by Gasteiger charge is 2.53. The van der Waals surface area contributed by atoms with Crippen LogP contribution in [0.3, 0.4) is 0 Å². The van der Waals surface area contributed by atoms with Crippen molar-refractivity contribution in [3.8, 4) is 0 Å². The molecule has 2 aromatic carbocycles. The van der Waals surface area contributed by atoms with Gasteiger partial charge in [-0.1, -0.05) is 24.3 Å². The second kappa shape index (κ2) is 8.56. The van der Waals surface area contributed by atoms with Crippen molar-refractivity contribution in [3.05, 3.63) is 93.9 Å². The van der Waals surface area contributed by atoms with Crippen molar-refractivity contribution in [2.45, 2.75) is 53.7 Å². The van der Waals surface area contributed by atoms with Crippen molar-refractivity contribution in [3.63, 3.8) is 0 Å². The van der Waals surface area contributed by atoms with E-state index in [-0.39, 0.29) is 5.97 Å². The van der Waals surface area contributed by atoms with Gasteiger partial charge in [0, 0.05) is 64.8 Å². The number of nitrogens with zero attached hydrogens (tertiary/aromatic N) is 3. The Labute approximate surface area is 207 Å². The minimum absolute atomic E-state index is 0.372. The van der Waals surface area contributed by atoms with Gasteiger partial charge in [-0.3, -0.25) is 0 Å². The highest BCUT2D eigenvalue weighted by Crippen LogP contribution is 2.52. The molecule has 5 nitrogen and oxygen atoms in total. The van der Waals surface area contributed by atoms with Gasteiger partial charge in [0.15, 0.2) is 11.3 Å². The molecule has 0 fully saturated rings. The van der Waals surface area contributed by atoms with Crippen LogP contribution < -0.4 is 4.90 Å². The van der Waals surface area contributed by atoms with E-state index in [0.717, 1.165) is 64.0 Å². The third kappa shape index (κ3) is 3.21. The molecule has 0 saturated carbocycles. The van der Waals surface area contributed by atoms with Crippen LogP contribution in [0.2, 0.25) is 0 Å². The lowest BCUT2D eigenvalue weighted by molar-refractivity contribution is 0.0248. The molecule has 0 N–H and O–H groups in total. The van der Waals surface area contributed by atoms with Gasteiger partial charge in [-0.15, -0.1) is 0 Å². The predicted molar refractivity (Wildman–Crippen MR) is 141 cm³/mol. The lowest BCUT2D eigenvalue weighted by Gasteiger charge is -2.33. The first-order valence-electron chi connectivity index (χ1n) is 12.5. The first kappa shape index (κ1) is 23.2. The molecule has 0 amide bonds. The van der Waals surface area contributed by atoms with E-state index in [1.807, 2.05) is 13.0 Å². The monoisotopic (exact) mass is 467 g/mol. The highest BCUT2D eigenvalue weighted by molar-refractivity contribution is 5.98. The van der Waals surface area contributed by atoms with E-state index < -0.39 is 5.60 Å². The molecule has 35 heavy (non-hydrogen) atoms. The van der Waals surface area contributed by atoms with Crippen molar-refractivity contribution in [1.29, 1.82) is 0 Å². The molecule has 1 atom stereocenters. The molecule has 1 aliphatic heterocycles. The van der Waals surface area contributed by atoms with Gasteiger partial charge in [-0.25, -0.2) is 9.78 Å². The maximum absolute atomic E-state index is 13.4. The first-order valence-corrected chi connectivity index (χ1v) is 12.5. The van der Waals surface area contributed by atoms with Crippen molar-refractivity contribution in [1.82, 2.24) is 9.55 Å². The number of aryl methyl sites for hydroxylation is 3. The second-order valence-corrected chi connectivity index (χ2v) is 9.32. The third-order valence-corrected chi connectivity index (χ3v) is 7.57. The Hall–Kier alpha value is -3.60. The van der Waals surface area contributed by atoms with E-state index in [9.17, 15) is 4.79 Å². The Kier molecular flexibility index (Phi) is 5.66. The van der Waals surface area contributed by atoms with Gasteiger partial charge >= 0.3 is 5.97 Å². The van der Waals surface area contributed by atoms with Crippen molar-refractivity contribution in [2.75, 3.05) is 18.0 Å². The Morgan fingerprint density at radius 1 is 0.943 bits per heavy atom. The molecule has 180 valence electrons. The summed E-state index contributed by atoms with van der Waals surface area (Å²) in [5, 5.41) is 1.10. The second-order valence-electron chi connectivity index (χ2n) is 9.32. The molecule has 0 spiro atoms. The van der Waals surface area contributed by atoms with Crippen LogP contribution in [0.4, 0.5) is 5.69 Å². The number of fused-ring (bicyclic) bond motifs is 2. The van der Waals surface area contributed by atoms with Crippen molar-refractivity contribution >= 4 is 22.6 Å². The number of hydrogen-bond donors (Lipinski definition) is 0. The van der Waals surface area contributed by atoms with Gasteiger partial charge in [0.05, 0.1) is 0 Å². The van der Waals surface area contributed by atoms with Crippen LogP contribution in [0.25, 0.3) is 10.9 Å². The number of cyclic esters (lactones) is 1. The molecule has 0 saturated heterocycles. The van der Waals surface area contributed by atoms with Gasteiger partial charge in [0.1, 0.15) is 0 Å². The van der Waals surface area contributed by atoms with Gasteiger partial charge < -0.3 is 14.2 Å². The highest BCUT2D eigenvalue weighted by atomic mass is 16.6. The number of benzene rings is 2. The normalized spacial score (nSPS) is 17.0. The minimum Gasteiger partial charge on any atom is -0.439 e. The fourth-order valence-corrected chi connectivity index (χ4v) is 6.01. The molecule has 3 heterocycles. The molecule has 1 aliphatic rings. The van der Waals surface area contributed by atoms with Gasteiger partial charge in [0.2, 0.25) is 0 Å². The fourth-order valence-electron chi connectivity index (χ4n) is 6.01. The maximum Gasteiger partial charge on any atom is 0.358 e. The molecule has 0 bridgehead atoms. The molecule has 4 aromatic rings. The number of aromatic nitrogens is 2. The number of para-hydroxylation sites is 1. The largest absolute Gasteiger partial charge is 0.439 e. The lowest BCUT2D eigenvalue weighted by Crippen LogP contribution is -2.32. The first-order chi connectivity index (χ1) is 16.9. The number of hydrogen-bond acceptors (Lipinski definition) is 4. The zero-order valence-corrected chi connectivity index (χ0v) is 21.5. The van der Waals surface area contributed by atoms with Crippen LogP contribution in [-0.4, -0.2) is 28.6 Å². The zero-order valence-electron chi connectivity index (χ0n) is 21.5. The van der Waals surface area contributed by atoms with E-state index in [1.54, 1.807) is 6.20 Å². The molecule has 5 rings (SSSR count). The van der Waals surface area contributed by atoms with E-state index >= 15 is 0 Å². The third-order valence-electron chi connectivity index (χ3n) is 7.57. The summed E-state index contributed by atoms with van der Waals surface area (Å²) in [6, 6.07) is 16.9. The molecule has 0 radical (unpaired) electrons. The summed E-state index contributed by atoms with van der Waals surface area (Å²) in [6.45, 7) is 15.5. The number of carbonyl (C=O) groups excluding carboxylic acids is 1. The summed E-state index contributed by atoms with van der Waals surface area (Å²) in [5.74, 6) is -0.372. The summed E-state index contributed by atoms with van der Waals surface area (Å²) in [4.78, 5) is 20.2. The summed E-state index contributed by atoms with van der Waals surface area (Å²) < 4.78 is 8.83. The Morgan fingerprint density at radius 3 is 2.37 bits per heavy atom. The van der Waals surface area contributed by atoms with Crippen LogP contribution >= 0.6 is 0 Å². The maximum atomic E-state index is 13.4. The number of carbonyl (C=O) groups is 1. The van der Waals surface area contributed by atoms with E-state index in [0.29, 0.717) is 5.69 Å². The standard InChI is InChI=1S/C30H33N3O2/c1-7-32(8-2)22-14-15-24(20(5)18-22)30(26-19(4)16-17-31-28(26)29(34)35-30)27-21(6)33(9-3)25-13-11-10-12-23(25)27/h10-18H,7-9H2,1-6H3. The number of rotatable bonds is 6. The molecule has 2 aromatic heterocycles. The Morgan fingerprint density at radius 2 is 1.69 bits per heavy atom. The summed E-state index contributed by atoms with van der Waals surface area (Å²) in [5.41, 5.74) is 7.71. The lowest BCUT2D eigenvalue weighted by atomic mass is 9.76. The van der Waals surface area contributed by atoms with Gasteiger partial charge in [-0.05, 0) is 76.9 Å². The number of esters is 1. The fraction of sp³-hybridized carbons (Fsp3) is 0.333. The van der Waals surface area contributed by atoms with Crippen LogP contribution in [-0.2, 0) is 16.9 Å². The zero-order chi connectivity index (χ0) is 24.9. The SMILES string of the molecule is CCN(CC)c1ccc(C2(c3c(C)n(CC)c4ccccc34)OC(=O)c3nccc(C)c32)c(C)c1. The van der Waals surface area contributed by atoms with Crippen LogP contribution in [0.1, 0.15) is 64.8 Å². The topological polar surface area (TPSA) is 47.4 Å². The smallest absolute Gasteiger partial charge is 0.358 e. The quantitative estimate of drug-likeness (QED) is 0.313. The number of pyridine rings is 1. The Balaban J connectivity index is 1.91. The number of ether oxygens (including phenoxy) is 1. The molecular weight excluding hydrogens is 434 g/mol. The predicted octanol–water partition coefficient (Wildman–Crippen LogP) is 6.29. The van der Waals surface area contributed by atoms with Gasteiger partial charge in [-0.2, -0.15) is 0 Å². The minimum atomic E-state index is -1.07. The van der Waals surface area contributed by atoms with E-state index in [4.69, 9.17) is 4.74 Å². The van der Waals surface area contributed by atoms with Crippen LogP contribution in [0.5, 0.6) is 0 Å². The van der Waals surface area contributed by atoms with Crippen LogP contribution in [0, 0.1) is 20.8 Å². The molecular formula is C30H33N3O2. The average molecular weight is 468 g/mol. The van der Waals surface area contributed by atoms with Crippen molar-refractivity contribution < 1.29 is 9.53 Å². The average Bonchev–Trinajstić information content (AvgIpc) is 3.31. The molecule has 1 unspecified atom stereocenters. The van der Waals surface area contributed by atoms with E-state index in [2.05, 4.69) is 91.5 Å². The molecule has 5 heteroatoms. The molecule has 0 aliphatic carbocycles. The summed E-state index contributed by atoms with van der Waals surface area (Å²) >= 11 is 0. The number of anilines is 1. The van der Waals surface area contributed by atoms with E-state index in [1.165, 1.54) is 5.69 Å². The van der Waals surface area contributed by atoms with Crippen LogP contribution in [0.15, 0.2) is 54.7 Å².